The van der Waals surface area contributed by atoms with Gasteiger partial charge in [0.25, 0.3) is 5.91 Å². The number of hydrogen-bond donors (Lipinski definition) is 2. The zero-order chi connectivity index (χ0) is 13.4. The molecule has 7 nitrogen and oxygen atoms in total. The maximum atomic E-state index is 13.7. The van der Waals surface area contributed by atoms with Gasteiger partial charge in [0.2, 0.25) is 0 Å². The SMILES string of the molecule is Cn1cc(C(=O)Nc2n[nH]c3cccc(F)c23)nn1. The second-order valence-corrected chi connectivity index (χ2v) is 3.97. The minimum Gasteiger partial charge on any atom is -0.303 e. The molecule has 0 aliphatic carbocycles. The number of rotatable bonds is 2. The van der Waals surface area contributed by atoms with E-state index >= 15 is 0 Å². The lowest BCUT2D eigenvalue weighted by molar-refractivity contribution is 0.102. The number of fused-ring (bicyclic) bond motifs is 1. The fourth-order valence-electron chi connectivity index (χ4n) is 1.74. The summed E-state index contributed by atoms with van der Waals surface area (Å²) in [5, 5.41) is 16.6. The average Bonchev–Trinajstić information content (AvgIpc) is 2.97. The van der Waals surface area contributed by atoms with Gasteiger partial charge in [-0.3, -0.25) is 14.6 Å². The summed E-state index contributed by atoms with van der Waals surface area (Å²) >= 11 is 0. The molecule has 0 fully saturated rings. The number of carbonyl (C=O) groups is 1. The molecule has 0 spiro atoms. The normalized spacial score (nSPS) is 10.8. The highest BCUT2D eigenvalue weighted by atomic mass is 19.1. The molecule has 19 heavy (non-hydrogen) atoms. The van der Waals surface area contributed by atoms with E-state index in [0.29, 0.717) is 5.52 Å². The summed E-state index contributed by atoms with van der Waals surface area (Å²) in [6.07, 6.45) is 1.46. The third-order valence-electron chi connectivity index (χ3n) is 2.61. The largest absolute Gasteiger partial charge is 0.303 e. The monoisotopic (exact) mass is 260 g/mol. The second-order valence-electron chi connectivity index (χ2n) is 3.97. The Morgan fingerprint density at radius 2 is 2.32 bits per heavy atom. The predicted molar refractivity (Wildman–Crippen MR) is 65.0 cm³/mol. The number of halogens is 1. The van der Waals surface area contributed by atoms with E-state index in [4.69, 9.17) is 0 Å². The molecule has 2 aromatic heterocycles. The van der Waals surface area contributed by atoms with E-state index in [-0.39, 0.29) is 16.9 Å². The Balaban J connectivity index is 1.96. The van der Waals surface area contributed by atoms with Crippen molar-refractivity contribution in [3.8, 4) is 0 Å². The molecule has 0 aliphatic rings. The molecule has 1 aromatic carbocycles. The predicted octanol–water partition coefficient (Wildman–Crippen LogP) is 1.08. The summed E-state index contributed by atoms with van der Waals surface area (Å²) in [4.78, 5) is 11.9. The van der Waals surface area contributed by atoms with Crippen molar-refractivity contribution in [3.05, 3.63) is 35.9 Å². The van der Waals surface area contributed by atoms with E-state index < -0.39 is 11.7 Å². The molecule has 1 amide bonds. The molecule has 2 heterocycles. The van der Waals surface area contributed by atoms with Gasteiger partial charge in [-0.2, -0.15) is 5.10 Å². The third-order valence-corrected chi connectivity index (χ3v) is 2.61. The van der Waals surface area contributed by atoms with Crippen LogP contribution in [0, 0.1) is 5.82 Å². The maximum absolute atomic E-state index is 13.7. The van der Waals surface area contributed by atoms with Gasteiger partial charge < -0.3 is 5.32 Å². The zero-order valence-corrected chi connectivity index (χ0v) is 9.88. The molecular formula is C11H9FN6O. The molecule has 0 saturated carbocycles. The van der Waals surface area contributed by atoms with Gasteiger partial charge in [-0.1, -0.05) is 11.3 Å². The lowest BCUT2D eigenvalue weighted by Gasteiger charge is -1.99. The first-order valence-electron chi connectivity index (χ1n) is 5.45. The zero-order valence-electron chi connectivity index (χ0n) is 9.88. The highest BCUT2D eigenvalue weighted by Gasteiger charge is 2.15. The number of anilines is 1. The number of aryl methyl sites for hydroxylation is 1. The number of H-pyrrole nitrogens is 1. The van der Waals surface area contributed by atoms with Crippen molar-refractivity contribution < 1.29 is 9.18 Å². The van der Waals surface area contributed by atoms with Gasteiger partial charge in [-0.15, -0.1) is 5.10 Å². The molecule has 0 saturated heterocycles. The third kappa shape index (κ3) is 1.92. The molecule has 3 rings (SSSR count). The van der Waals surface area contributed by atoms with Crippen molar-refractivity contribution in [2.24, 2.45) is 7.05 Å². The Bertz CT molecular complexity index is 761. The summed E-state index contributed by atoms with van der Waals surface area (Å²) in [7, 11) is 1.65. The van der Waals surface area contributed by atoms with Crippen LogP contribution < -0.4 is 5.32 Å². The molecule has 2 N–H and O–H groups in total. The van der Waals surface area contributed by atoms with Gasteiger partial charge in [0.05, 0.1) is 17.1 Å². The average molecular weight is 260 g/mol. The van der Waals surface area contributed by atoms with E-state index in [2.05, 4.69) is 25.8 Å². The first-order chi connectivity index (χ1) is 9.15. The topological polar surface area (TPSA) is 88.5 Å². The van der Waals surface area contributed by atoms with Crippen molar-refractivity contribution in [1.82, 2.24) is 25.2 Å². The Morgan fingerprint density at radius 1 is 1.47 bits per heavy atom. The molecule has 96 valence electrons. The number of amides is 1. The van der Waals surface area contributed by atoms with Gasteiger partial charge in [0.1, 0.15) is 5.82 Å². The maximum Gasteiger partial charge on any atom is 0.279 e. The Morgan fingerprint density at radius 3 is 3.05 bits per heavy atom. The van der Waals surface area contributed by atoms with Crippen molar-refractivity contribution in [2.75, 3.05) is 5.32 Å². The molecular weight excluding hydrogens is 251 g/mol. The molecule has 0 bridgehead atoms. The van der Waals surface area contributed by atoms with Crippen LogP contribution in [0.3, 0.4) is 0 Å². The summed E-state index contributed by atoms with van der Waals surface area (Å²) in [5.41, 5.74) is 0.643. The van der Waals surface area contributed by atoms with Crippen LogP contribution in [0.1, 0.15) is 10.5 Å². The van der Waals surface area contributed by atoms with E-state index in [1.807, 2.05) is 0 Å². The summed E-state index contributed by atoms with van der Waals surface area (Å²) < 4.78 is 15.1. The number of aromatic amines is 1. The number of nitrogens with zero attached hydrogens (tertiary/aromatic N) is 4. The Kier molecular flexibility index (Phi) is 2.48. The summed E-state index contributed by atoms with van der Waals surface area (Å²) in [5.74, 6) is -0.825. The van der Waals surface area contributed by atoms with Crippen LogP contribution in [0.2, 0.25) is 0 Å². The van der Waals surface area contributed by atoms with Crippen molar-refractivity contribution >= 4 is 22.6 Å². The van der Waals surface area contributed by atoms with Gasteiger partial charge in [0, 0.05) is 7.05 Å². The van der Waals surface area contributed by atoms with E-state index in [9.17, 15) is 9.18 Å². The first kappa shape index (κ1) is 11.3. The minimum atomic E-state index is -0.496. The van der Waals surface area contributed by atoms with E-state index in [0.717, 1.165) is 0 Å². The van der Waals surface area contributed by atoms with Gasteiger partial charge in [-0.25, -0.2) is 4.39 Å². The fourth-order valence-corrected chi connectivity index (χ4v) is 1.74. The van der Waals surface area contributed by atoms with E-state index in [1.54, 1.807) is 19.2 Å². The lowest BCUT2D eigenvalue weighted by atomic mass is 10.2. The molecule has 0 aliphatic heterocycles. The second kappa shape index (κ2) is 4.16. The summed E-state index contributed by atoms with van der Waals surface area (Å²) in [6.45, 7) is 0. The van der Waals surface area contributed by atoms with Crippen molar-refractivity contribution in [2.45, 2.75) is 0 Å². The highest BCUT2D eigenvalue weighted by Crippen LogP contribution is 2.23. The van der Waals surface area contributed by atoms with Gasteiger partial charge >= 0.3 is 0 Å². The van der Waals surface area contributed by atoms with Crippen LogP contribution in [-0.4, -0.2) is 31.1 Å². The number of carbonyl (C=O) groups excluding carboxylic acids is 1. The standard InChI is InChI=1S/C11H9FN6O/c1-18-5-8(15-17-18)11(19)13-10-9-6(12)3-2-4-7(9)14-16-10/h2-5H,1H3,(H2,13,14,16,19). The van der Waals surface area contributed by atoms with Crippen LogP contribution in [-0.2, 0) is 7.05 Å². The number of nitrogens with one attached hydrogen (secondary N) is 2. The van der Waals surface area contributed by atoms with Gasteiger partial charge in [-0.05, 0) is 12.1 Å². The lowest BCUT2D eigenvalue weighted by Crippen LogP contribution is -2.13. The Labute approximate surface area is 106 Å². The molecule has 0 unspecified atom stereocenters. The number of hydrogen-bond acceptors (Lipinski definition) is 4. The Hall–Kier alpha value is -2.77. The van der Waals surface area contributed by atoms with Gasteiger partial charge in [0.15, 0.2) is 11.5 Å². The fraction of sp³-hybridized carbons (Fsp3) is 0.0909. The molecule has 8 heteroatoms. The van der Waals surface area contributed by atoms with Crippen LogP contribution in [0.15, 0.2) is 24.4 Å². The smallest absolute Gasteiger partial charge is 0.279 e. The van der Waals surface area contributed by atoms with Crippen LogP contribution >= 0.6 is 0 Å². The summed E-state index contributed by atoms with van der Waals surface area (Å²) in [6, 6.07) is 4.53. The van der Waals surface area contributed by atoms with E-state index in [1.165, 1.54) is 16.9 Å². The molecule has 3 aromatic rings. The highest BCUT2D eigenvalue weighted by molar-refractivity contribution is 6.06. The molecule has 0 atom stereocenters. The van der Waals surface area contributed by atoms with Crippen LogP contribution in [0.25, 0.3) is 10.9 Å². The minimum absolute atomic E-state index is 0.128. The van der Waals surface area contributed by atoms with Crippen molar-refractivity contribution in [3.63, 3.8) is 0 Å². The number of aromatic nitrogens is 5. The van der Waals surface area contributed by atoms with Crippen LogP contribution in [0.5, 0.6) is 0 Å². The van der Waals surface area contributed by atoms with Crippen LogP contribution in [0.4, 0.5) is 10.2 Å². The van der Waals surface area contributed by atoms with Crippen molar-refractivity contribution in [1.29, 1.82) is 0 Å². The quantitative estimate of drug-likeness (QED) is 0.721. The number of benzene rings is 1. The first-order valence-corrected chi connectivity index (χ1v) is 5.45. The molecule has 0 radical (unpaired) electrons.